The van der Waals surface area contributed by atoms with Gasteiger partial charge >= 0.3 is 0 Å². The van der Waals surface area contributed by atoms with E-state index in [1.54, 1.807) is 12.3 Å². The van der Waals surface area contributed by atoms with Crippen molar-refractivity contribution in [3.63, 3.8) is 0 Å². The summed E-state index contributed by atoms with van der Waals surface area (Å²) in [7, 11) is 5.64. The lowest BCUT2D eigenvalue weighted by Crippen LogP contribution is -2.10. The van der Waals surface area contributed by atoms with Gasteiger partial charge in [-0.1, -0.05) is 12.2 Å². The Kier molecular flexibility index (Phi) is 1.89. The molecule has 0 aromatic carbocycles. The second-order valence-electron chi connectivity index (χ2n) is 3.71. The number of nitrogens with zero attached hydrogens (tertiary/aromatic N) is 3. The Morgan fingerprint density at radius 1 is 1.47 bits per heavy atom. The van der Waals surface area contributed by atoms with Gasteiger partial charge in [-0.25, -0.2) is 4.98 Å². The molecule has 3 nitrogen and oxygen atoms in total. The van der Waals surface area contributed by atoms with Gasteiger partial charge in [-0.05, 0) is 18.1 Å². The van der Waals surface area contributed by atoms with Crippen molar-refractivity contribution in [2.45, 2.75) is 19.4 Å². The Hall–Kier alpha value is -1.23. The molecule has 2 aromatic heterocycles. The van der Waals surface area contributed by atoms with Crippen LogP contribution in [0.5, 0.6) is 0 Å². The summed E-state index contributed by atoms with van der Waals surface area (Å²) >= 11 is 5.25. The summed E-state index contributed by atoms with van der Waals surface area (Å²) < 4.78 is 2.81. The van der Waals surface area contributed by atoms with E-state index in [0.29, 0.717) is 10.2 Å². The van der Waals surface area contributed by atoms with Crippen molar-refractivity contribution in [3.05, 3.63) is 22.7 Å². The lowest BCUT2D eigenvalue weighted by Gasteiger charge is -2.08. The SMILES string of the molecule is [B]c1cc2c(=S)nc3n(c2cn1)CCC3. The predicted molar refractivity (Wildman–Crippen MR) is 62.1 cm³/mol. The number of fused-ring (bicyclic) bond motifs is 3. The van der Waals surface area contributed by atoms with Gasteiger partial charge in [-0.15, -0.1) is 0 Å². The first-order valence-electron chi connectivity index (χ1n) is 4.90. The highest BCUT2D eigenvalue weighted by molar-refractivity contribution is 7.71. The molecule has 2 radical (unpaired) electrons. The second kappa shape index (κ2) is 3.13. The number of hydrogen-bond donors (Lipinski definition) is 0. The van der Waals surface area contributed by atoms with E-state index in [1.165, 1.54) is 0 Å². The van der Waals surface area contributed by atoms with Gasteiger partial charge in [-0.3, -0.25) is 4.98 Å². The molecule has 72 valence electrons. The molecule has 0 atom stereocenters. The fourth-order valence-electron chi connectivity index (χ4n) is 2.06. The van der Waals surface area contributed by atoms with Gasteiger partial charge in [-0.2, -0.15) is 0 Å². The van der Waals surface area contributed by atoms with E-state index in [0.717, 1.165) is 36.1 Å². The first-order valence-corrected chi connectivity index (χ1v) is 5.31. The minimum Gasteiger partial charge on any atom is -0.328 e. The molecule has 0 saturated heterocycles. The zero-order valence-electron chi connectivity index (χ0n) is 8.10. The largest absolute Gasteiger partial charge is 0.328 e. The lowest BCUT2D eigenvalue weighted by atomic mass is 10.0. The number of aromatic nitrogens is 3. The fraction of sp³-hybridized carbons (Fsp3) is 0.300. The average Bonchev–Trinajstić information content (AvgIpc) is 2.66. The molecule has 0 amide bonds. The summed E-state index contributed by atoms with van der Waals surface area (Å²) in [5, 5.41) is 0.933. The van der Waals surface area contributed by atoms with Gasteiger partial charge in [0.05, 0.1) is 11.7 Å². The Morgan fingerprint density at radius 3 is 3.20 bits per heavy atom. The summed E-state index contributed by atoms with van der Waals surface area (Å²) in [4.78, 5) is 8.53. The normalized spacial score (nSPS) is 14.4. The molecule has 0 spiro atoms. The van der Waals surface area contributed by atoms with Crippen LogP contribution in [0, 0.1) is 4.64 Å². The Bertz CT molecular complexity index is 605. The highest BCUT2D eigenvalue weighted by Gasteiger charge is 2.14. The Labute approximate surface area is 93.6 Å². The number of hydrogen-bond acceptors (Lipinski definition) is 3. The van der Waals surface area contributed by atoms with Gasteiger partial charge < -0.3 is 4.57 Å². The highest BCUT2D eigenvalue weighted by atomic mass is 32.1. The minimum atomic E-state index is 0.494. The molecule has 15 heavy (non-hydrogen) atoms. The molecule has 5 heteroatoms. The molecule has 3 rings (SSSR count). The van der Waals surface area contributed by atoms with E-state index >= 15 is 0 Å². The van der Waals surface area contributed by atoms with Crippen LogP contribution in [0.3, 0.4) is 0 Å². The van der Waals surface area contributed by atoms with Crippen molar-refractivity contribution in [1.82, 2.24) is 14.5 Å². The van der Waals surface area contributed by atoms with E-state index in [9.17, 15) is 0 Å². The molecule has 0 N–H and O–H groups in total. The lowest BCUT2D eigenvalue weighted by molar-refractivity contribution is 0.762. The van der Waals surface area contributed by atoms with Gasteiger partial charge in [0.2, 0.25) is 0 Å². The van der Waals surface area contributed by atoms with E-state index in [2.05, 4.69) is 14.5 Å². The second-order valence-corrected chi connectivity index (χ2v) is 4.10. The minimum absolute atomic E-state index is 0.494. The topological polar surface area (TPSA) is 30.7 Å². The van der Waals surface area contributed by atoms with Crippen molar-refractivity contribution in [2.24, 2.45) is 0 Å². The maximum Gasteiger partial charge on any atom is 0.141 e. The Balaban J connectivity index is 2.50. The third kappa shape index (κ3) is 1.30. The number of rotatable bonds is 0. The zero-order chi connectivity index (χ0) is 10.4. The maximum absolute atomic E-state index is 5.64. The molecule has 0 unspecified atom stereocenters. The number of aryl methyl sites for hydroxylation is 2. The third-order valence-electron chi connectivity index (χ3n) is 2.75. The molecule has 1 aliphatic heterocycles. The molecule has 0 saturated carbocycles. The van der Waals surface area contributed by atoms with Crippen LogP contribution in [-0.2, 0) is 13.0 Å². The molecule has 2 aromatic rings. The smallest absolute Gasteiger partial charge is 0.141 e. The average molecular weight is 213 g/mol. The monoisotopic (exact) mass is 213 g/mol. The molecule has 3 heterocycles. The van der Waals surface area contributed by atoms with Crippen molar-refractivity contribution in [3.8, 4) is 0 Å². The zero-order valence-corrected chi connectivity index (χ0v) is 8.92. The predicted octanol–water partition coefficient (Wildman–Crippen LogP) is 0.901. The van der Waals surface area contributed by atoms with Crippen molar-refractivity contribution < 1.29 is 0 Å². The van der Waals surface area contributed by atoms with Gasteiger partial charge in [0.25, 0.3) is 0 Å². The quantitative estimate of drug-likeness (QED) is 0.481. The van der Waals surface area contributed by atoms with Crippen LogP contribution in [0.1, 0.15) is 12.2 Å². The van der Waals surface area contributed by atoms with Crippen molar-refractivity contribution >= 4 is 36.6 Å². The molecule has 0 fully saturated rings. The van der Waals surface area contributed by atoms with E-state index in [4.69, 9.17) is 20.1 Å². The van der Waals surface area contributed by atoms with Crippen LogP contribution in [0.4, 0.5) is 0 Å². The molecule has 0 bridgehead atoms. The van der Waals surface area contributed by atoms with Crippen LogP contribution in [0.2, 0.25) is 0 Å². The van der Waals surface area contributed by atoms with Gasteiger partial charge in [0.15, 0.2) is 0 Å². The van der Waals surface area contributed by atoms with E-state index in [1.807, 2.05) is 0 Å². The Morgan fingerprint density at radius 2 is 2.33 bits per heavy atom. The first-order chi connectivity index (χ1) is 7.25. The van der Waals surface area contributed by atoms with E-state index < -0.39 is 0 Å². The summed E-state index contributed by atoms with van der Waals surface area (Å²) in [5.74, 6) is 1.07. The van der Waals surface area contributed by atoms with Crippen LogP contribution >= 0.6 is 12.2 Å². The molecular formula is C10H8BN3S. The van der Waals surface area contributed by atoms with Crippen LogP contribution in [0.15, 0.2) is 12.3 Å². The maximum atomic E-state index is 5.64. The standard InChI is InChI=1S/C10H8BN3S/c11-8-4-6-7(5-12-8)14-3-1-2-9(14)13-10(6)15/h4-5H,1-3H2. The van der Waals surface area contributed by atoms with Crippen molar-refractivity contribution in [2.75, 3.05) is 0 Å². The summed E-state index contributed by atoms with van der Waals surface area (Å²) in [6, 6.07) is 1.80. The van der Waals surface area contributed by atoms with E-state index in [-0.39, 0.29) is 0 Å². The fourth-order valence-corrected chi connectivity index (χ4v) is 2.33. The van der Waals surface area contributed by atoms with Crippen LogP contribution < -0.4 is 5.59 Å². The van der Waals surface area contributed by atoms with Crippen LogP contribution in [-0.4, -0.2) is 22.4 Å². The number of pyridine rings is 1. The van der Waals surface area contributed by atoms with Gasteiger partial charge in [0, 0.05) is 18.4 Å². The van der Waals surface area contributed by atoms with Crippen molar-refractivity contribution in [1.29, 1.82) is 0 Å². The molecule has 1 aliphatic rings. The summed E-state index contributed by atoms with van der Waals surface area (Å²) in [5.41, 5.74) is 1.55. The first kappa shape index (κ1) is 9.03. The molecule has 0 aliphatic carbocycles. The molecular weight excluding hydrogens is 205 g/mol. The van der Waals surface area contributed by atoms with Crippen LogP contribution in [0.25, 0.3) is 10.9 Å². The summed E-state index contributed by atoms with van der Waals surface area (Å²) in [6.07, 6.45) is 3.92. The summed E-state index contributed by atoms with van der Waals surface area (Å²) in [6.45, 7) is 1.00. The highest BCUT2D eigenvalue weighted by Crippen LogP contribution is 2.20. The third-order valence-corrected chi connectivity index (χ3v) is 3.06. The van der Waals surface area contributed by atoms with Gasteiger partial charge in [0.1, 0.15) is 18.3 Å².